The summed E-state index contributed by atoms with van der Waals surface area (Å²) in [6.45, 7) is 12.4. The molecular formula is C20H41N. The zero-order valence-corrected chi connectivity index (χ0v) is 15.5. The zero-order valence-electron chi connectivity index (χ0n) is 15.5. The van der Waals surface area contributed by atoms with Gasteiger partial charge in [0.15, 0.2) is 0 Å². The number of allylic oxidation sites excluding steroid dienone is 1. The quantitative estimate of drug-likeness (QED) is 0.395. The molecule has 0 radical (unpaired) electrons. The fourth-order valence-electron chi connectivity index (χ4n) is 3.01. The predicted octanol–water partition coefficient (Wildman–Crippen LogP) is 6.33. The smallest absolute Gasteiger partial charge is 0.0109 e. The third-order valence-corrected chi connectivity index (χ3v) is 4.61. The van der Waals surface area contributed by atoms with Gasteiger partial charge in [0.05, 0.1) is 0 Å². The third kappa shape index (κ3) is 14.4. The molecule has 0 amide bonds. The fraction of sp³-hybridized carbons (Fsp3) is 0.900. The lowest BCUT2D eigenvalue weighted by molar-refractivity contribution is 0.389. The molecule has 0 aliphatic carbocycles. The molecule has 126 valence electrons. The van der Waals surface area contributed by atoms with E-state index >= 15 is 0 Å². The van der Waals surface area contributed by atoms with E-state index in [1.807, 2.05) is 0 Å². The van der Waals surface area contributed by atoms with Gasteiger partial charge in [0.25, 0.3) is 0 Å². The second-order valence-electron chi connectivity index (χ2n) is 7.64. The second-order valence-corrected chi connectivity index (χ2v) is 7.64. The van der Waals surface area contributed by atoms with Crippen LogP contribution >= 0.6 is 0 Å². The first-order valence-corrected chi connectivity index (χ1v) is 9.31. The van der Waals surface area contributed by atoms with Gasteiger partial charge < -0.3 is 5.73 Å². The third-order valence-electron chi connectivity index (χ3n) is 4.61. The molecule has 2 unspecified atom stereocenters. The van der Waals surface area contributed by atoms with Gasteiger partial charge in [0.2, 0.25) is 0 Å². The Balaban J connectivity index is 3.52. The Kier molecular flexibility index (Phi) is 13.2. The molecule has 1 heteroatoms. The summed E-state index contributed by atoms with van der Waals surface area (Å²) < 4.78 is 0. The van der Waals surface area contributed by atoms with Crippen LogP contribution in [0.5, 0.6) is 0 Å². The molecule has 21 heavy (non-hydrogen) atoms. The average molecular weight is 296 g/mol. The highest BCUT2D eigenvalue weighted by Crippen LogP contribution is 2.21. The molecule has 0 saturated carbocycles. The first-order valence-electron chi connectivity index (χ1n) is 9.31. The summed E-state index contributed by atoms with van der Waals surface area (Å²) in [4.78, 5) is 0. The molecule has 2 atom stereocenters. The van der Waals surface area contributed by atoms with Crippen LogP contribution < -0.4 is 5.73 Å². The normalized spacial score (nSPS) is 15.5. The second kappa shape index (κ2) is 13.4. The number of hydrogen-bond donors (Lipinski definition) is 1. The SMILES string of the molecule is C/C(=C\CN)CCCC(C)CCCC(C)CCCC(C)C. The van der Waals surface area contributed by atoms with E-state index in [1.165, 1.54) is 63.4 Å². The molecule has 0 fully saturated rings. The van der Waals surface area contributed by atoms with Gasteiger partial charge in [-0.3, -0.25) is 0 Å². The van der Waals surface area contributed by atoms with Crippen molar-refractivity contribution in [3.8, 4) is 0 Å². The number of nitrogens with two attached hydrogens (primary N) is 1. The van der Waals surface area contributed by atoms with Crippen molar-refractivity contribution in [1.29, 1.82) is 0 Å². The maximum Gasteiger partial charge on any atom is 0.0109 e. The van der Waals surface area contributed by atoms with Gasteiger partial charge in [-0.05, 0) is 37.5 Å². The summed E-state index contributed by atoms with van der Waals surface area (Å²) in [5.41, 5.74) is 6.99. The van der Waals surface area contributed by atoms with Crippen LogP contribution in [0.15, 0.2) is 11.6 Å². The minimum Gasteiger partial charge on any atom is -0.327 e. The lowest BCUT2D eigenvalue weighted by Crippen LogP contribution is -2.00. The van der Waals surface area contributed by atoms with E-state index in [0.717, 1.165) is 17.8 Å². The highest BCUT2D eigenvalue weighted by Gasteiger charge is 2.06. The summed E-state index contributed by atoms with van der Waals surface area (Å²) in [5, 5.41) is 0. The topological polar surface area (TPSA) is 26.0 Å². The van der Waals surface area contributed by atoms with Gasteiger partial charge in [0.1, 0.15) is 0 Å². The molecule has 0 saturated heterocycles. The van der Waals surface area contributed by atoms with Gasteiger partial charge in [0, 0.05) is 6.54 Å². The van der Waals surface area contributed by atoms with Gasteiger partial charge >= 0.3 is 0 Å². The summed E-state index contributed by atoms with van der Waals surface area (Å²) in [6.07, 6.45) is 14.6. The molecular weight excluding hydrogens is 254 g/mol. The molecule has 0 aromatic heterocycles. The first kappa shape index (κ1) is 20.7. The predicted molar refractivity (Wildman–Crippen MR) is 97.5 cm³/mol. The van der Waals surface area contributed by atoms with Crippen LogP contribution in [0, 0.1) is 17.8 Å². The molecule has 0 heterocycles. The lowest BCUT2D eigenvalue weighted by Gasteiger charge is -2.15. The van der Waals surface area contributed by atoms with E-state index in [4.69, 9.17) is 5.73 Å². The first-order chi connectivity index (χ1) is 9.95. The van der Waals surface area contributed by atoms with E-state index in [0.29, 0.717) is 6.54 Å². The van der Waals surface area contributed by atoms with E-state index < -0.39 is 0 Å². The number of hydrogen-bond acceptors (Lipinski definition) is 1. The van der Waals surface area contributed by atoms with Gasteiger partial charge in [-0.2, -0.15) is 0 Å². The average Bonchev–Trinajstić information content (AvgIpc) is 2.38. The molecule has 2 N–H and O–H groups in total. The molecule has 0 aliphatic heterocycles. The molecule has 0 aromatic rings. The summed E-state index contributed by atoms with van der Waals surface area (Å²) >= 11 is 0. The minimum absolute atomic E-state index is 0.691. The van der Waals surface area contributed by atoms with Crippen molar-refractivity contribution < 1.29 is 0 Å². The van der Waals surface area contributed by atoms with Crippen LogP contribution in [0.1, 0.15) is 92.4 Å². The maximum atomic E-state index is 5.53. The monoisotopic (exact) mass is 295 g/mol. The van der Waals surface area contributed by atoms with Crippen molar-refractivity contribution in [3.63, 3.8) is 0 Å². The van der Waals surface area contributed by atoms with E-state index in [-0.39, 0.29) is 0 Å². The highest BCUT2D eigenvalue weighted by molar-refractivity contribution is 4.98. The van der Waals surface area contributed by atoms with E-state index in [2.05, 4.69) is 40.7 Å². The van der Waals surface area contributed by atoms with Crippen LogP contribution in [0.3, 0.4) is 0 Å². The summed E-state index contributed by atoms with van der Waals surface area (Å²) in [5.74, 6) is 2.68. The van der Waals surface area contributed by atoms with Crippen LogP contribution in [0.4, 0.5) is 0 Å². The Hall–Kier alpha value is -0.300. The van der Waals surface area contributed by atoms with Crippen molar-refractivity contribution in [2.45, 2.75) is 92.4 Å². The lowest BCUT2D eigenvalue weighted by atomic mass is 9.91. The minimum atomic E-state index is 0.691. The van der Waals surface area contributed by atoms with Crippen molar-refractivity contribution in [1.82, 2.24) is 0 Å². The summed E-state index contributed by atoms with van der Waals surface area (Å²) in [7, 11) is 0. The van der Waals surface area contributed by atoms with Crippen molar-refractivity contribution in [3.05, 3.63) is 11.6 Å². The Labute approximate surface area is 134 Å². The summed E-state index contributed by atoms with van der Waals surface area (Å²) in [6, 6.07) is 0. The van der Waals surface area contributed by atoms with E-state index in [1.54, 1.807) is 0 Å². The fourth-order valence-corrected chi connectivity index (χ4v) is 3.01. The molecule has 0 bridgehead atoms. The van der Waals surface area contributed by atoms with Crippen molar-refractivity contribution in [2.24, 2.45) is 23.5 Å². The van der Waals surface area contributed by atoms with Gasteiger partial charge in [-0.15, -0.1) is 0 Å². The largest absolute Gasteiger partial charge is 0.327 e. The molecule has 0 rings (SSSR count). The Bertz CT molecular complexity index is 255. The number of rotatable bonds is 13. The van der Waals surface area contributed by atoms with Crippen molar-refractivity contribution in [2.75, 3.05) is 6.54 Å². The van der Waals surface area contributed by atoms with Crippen LogP contribution in [0.2, 0.25) is 0 Å². The Morgan fingerprint density at radius 2 is 1.29 bits per heavy atom. The van der Waals surface area contributed by atoms with Crippen LogP contribution in [-0.4, -0.2) is 6.54 Å². The standard InChI is InChI=1S/C20H41N/c1-17(2)9-6-10-18(3)11-7-12-19(4)13-8-14-20(5)15-16-21/h15,17-19H,6-14,16,21H2,1-5H3/b20-15+. The Morgan fingerprint density at radius 1 is 0.810 bits per heavy atom. The maximum absolute atomic E-state index is 5.53. The molecule has 0 spiro atoms. The zero-order chi connectivity index (χ0) is 16.1. The van der Waals surface area contributed by atoms with E-state index in [9.17, 15) is 0 Å². The molecule has 0 aromatic carbocycles. The van der Waals surface area contributed by atoms with Crippen LogP contribution in [0.25, 0.3) is 0 Å². The van der Waals surface area contributed by atoms with Crippen LogP contribution in [-0.2, 0) is 0 Å². The molecule has 0 aliphatic rings. The van der Waals surface area contributed by atoms with Gasteiger partial charge in [-0.1, -0.05) is 84.3 Å². The van der Waals surface area contributed by atoms with Gasteiger partial charge in [-0.25, -0.2) is 0 Å². The van der Waals surface area contributed by atoms with Crippen molar-refractivity contribution >= 4 is 0 Å². The molecule has 1 nitrogen and oxygen atoms in total. The highest BCUT2D eigenvalue weighted by atomic mass is 14.5. The Morgan fingerprint density at radius 3 is 1.76 bits per heavy atom.